The summed E-state index contributed by atoms with van der Waals surface area (Å²) in [6.07, 6.45) is 4.66. The number of rotatable bonds is 6. The average Bonchev–Trinajstić information content (AvgIpc) is 2.97. The first-order chi connectivity index (χ1) is 10.1. The van der Waals surface area contributed by atoms with E-state index in [1.807, 2.05) is 24.3 Å². The number of carbonyl (C=O) groups is 1. The highest BCUT2D eigenvalue weighted by molar-refractivity contribution is 5.74. The molecule has 1 aliphatic carbocycles. The highest BCUT2D eigenvalue weighted by atomic mass is 16.5. The Kier molecular flexibility index (Phi) is 5.90. The molecule has 2 amide bonds. The molecule has 0 spiro atoms. The van der Waals surface area contributed by atoms with E-state index in [4.69, 9.17) is 4.74 Å². The molecule has 2 rings (SSSR count). The average molecular weight is 290 g/mol. The van der Waals surface area contributed by atoms with Crippen LogP contribution in [0.5, 0.6) is 5.75 Å². The quantitative estimate of drug-likeness (QED) is 0.843. The minimum atomic E-state index is -0.0676. The Morgan fingerprint density at radius 2 is 1.90 bits per heavy atom. The van der Waals surface area contributed by atoms with Gasteiger partial charge < -0.3 is 15.4 Å². The second-order valence-corrected chi connectivity index (χ2v) is 6.16. The maximum Gasteiger partial charge on any atom is 0.315 e. The van der Waals surface area contributed by atoms with Crippen LogP contribution in [0.15, 0.2) is 24.3 Å². The number of hydrogen-bond acceptors (Lipinski definition) is 2. The van der Waals surface area contributed by atoms with Gasteiger partial charge in [0.1, 0.15) is 5.75 Å². The first-order valence-corrected chi connectivity index (χ1v) is 7.89. The Bertz CT molecular complexity index is 437. The van der Waals surface area contributed by atoms with Crippen LogP contribution in [-0.4, -0.2) is 18.7 Å². The van der Waals surface area contributed by atoms with Crippen molar-refractivity contribution in [2.75, 3.05) is 6.61 Å². The van der Waals surface area contributed by atoms with Crippen LogP contribution >= 0.6 is 0 Å². The fourth-order valence-electron chi connectivity index (χ4n) is 2.46. The van der Waals surface area contributed by atoms with Gasteiger partial charge in [0.15, 0.2) is 0 Å². The fourth-order valence-corrected chi connectivity index (χ4v) is 2.46. The summed E-state index contributed by atoms with van der Waals surface area (Å²) in [4.78, 5) is 11.8. The van der Waals surface area contributed by atoms with Gasteiger partial charge in [0.2, 0.25) is 0 Å². The largest absolute Gasteiger partial charge is 0.493 e. The maximum atomic E-state index is 11.8. The van der Waals surface area contributed by atoms with E-state index in [1.165, 1.54) is 12.8 Å². The summed E-state index contributed by atoms with van der Waals surface area (Å²) in [5.74, 6) is 1.40. The third-order valence-corrected chi connectivity index (χ3v) is 3.65. The molecule has 1 saturated carbocycles. The van der Waals surface area contributed by atoms with Crippen molar-refractivity contribution < 1.29 is 9.53 Å². The van der Waals surface area contributed by atoms with Gasteiger partial charge in [-0.3, -0.25) is 0 Å². The summed E-state index contributed by atoms with van der Waals surface area (Å²) in [6, 6.07) is 8.18. The molecule has 1 aliphatic rings. The Labute approximate surface area is 127 Å². The van der Waals surface area contributed by atoms with Crippen LogP contribution in [0.25, 0.3) is 0 Å². The minimum Gasteiger partial charge on any atom is -0.493 e. The molecule has 1 aromatic carbocycles. The summed E-state index contributed by atoms with van der Waals surface area (Å²) in [6.45, 7) is 5.52. The van der Waals surface area contributed by atoms with Gasteiger partial charge in [-0.25, -0.2) is 4.79 Å². The summed E-state index contributed by atoms with van der Waals surface area (Å²) in [5, 5.41) is 5.92. The molecule has 4 heteroatoms. The number of hydrogen-bond donors (Lipinski definition) is 2. The number of amides is 2. The lowest BCUT2D eigenvalue weighted by Gasteiger charge is -2.13. The van der Waals surface area contributed by atoms with E-state index < -0.39 is 0 Å². The highest BCUT2D eigenvalue weighted by Gasteiger charge is 2.16. The van der Waals surface area contributed by atoms with Crippen molar-refractivity contribution in [1.29, 1.82) is 0 Å². The monoisotopic (exact) mass is 290 g/mol. The third-order valence-electron chi connectivity index (χ3n) is 3.65. The zero-order chi connectivity index (χ0) is 15.1. The second kappa shape index (κ2) is 7.91. The number of carbonyl (C=O) groups excluding carboxylic acids is 1. The van der Waals surface area contributed by atoms with E-state index in [0.29, 0.717) is 18.5 Å². The summed E-state index contributed by atoms with van der Waals surface area (Å²) in [7, 11) is 0. The first-order valence-electron chi connectivity index (χ1n) is 7.89. The van der Waals surface area contributed by atoms with Crippen molar-refractivity contribution in [2.45, 2.75) is 52.1 Å². The lowest BCUT2D eigenvalue weighted by molar-refractivity contribution is 0.236. The van der Waals surface area contributed by atoms with Crippen molar-refractivity contribution in [1.82, 2.24) is 10.6 Å². The van der Waals surface area contributed by atoms with Crippen LogP contribution in [0.3, 0.4) is 0 Å². The number of ether oxygens (including phenoxy) is 1. The molecule has 4 nitrogen and oxygen atoms in total. The summed E-state index contributed by atoms with van der Waals surface area (Å²) < 4.78 is 5.64. The Morgan fingerprint density at radius 1 is 1.24 bits per heavy atom. The molecule has 21 heavy (non-hydrogen) atoms. The van der Waals surface area contributed by atoms with E-state index in [-0.39, 0.29) is 6.03 Å². The van der Waals surface area contributed by atoms with Crippen LogP contribution in [-0.2, 0) is 6.54 Å². The summed E-state index contributed by atoms with van der Waals surface area (Å²) in [5.41, 5.74) is 1.08. The third kappa shape index (κ3) is 5.66. The molecule has 0 saturated heterocycles. The molecule has 0 aromatic heterocycles. The van der Waals surface area contributed by atoms with Gasteiger partial charge in [0.05, 0.1) is 6.61 Å². The van der Waals surface area contributed by atoms with Crippen molar-refractivity contribution in [3.63, 3.8) is 0 Å². The van der Waals surface area contributed by atoms with E-state index in [9.17, 15) is 4.79 Å². The van der Waals surface area contributed by atoms with Crippen LogP contribution in [0.1, 0.15) is 45.1 Å². The Balaban J connectivity index is 1.71. The zero-order valence-electron chi connectivity index (χ0n) is 13.0. The fraction of sp³-hybridized carbons (Fsp3) is 0.588. The number of benzene rings is 1. The van der Waals surface area contributed by atoms with Crippen LogP contribution in [0.2, 0.25) is 0 Å². The van der Waals surface area contributed by atoms with Gasteiger partial charge in [-0.1, -0.05) is 38.8 Å². The number of urea groups is 1. The standard InChI is InChI=1S/C17H26N2O2/c1-13(2)12-21-16-9-7-14(8-10-16)11-18-17(20)19-15-5-3-4-6-15/h7-10,13,15H,3-6,11-12H2,1-2H3,(H2,18,19,20). The van der Waals surface area contributed by atoms with Crippen molar-refractivity contribution in [3.05, 3.63) is 29.8 Å². The van der Waals surface area contributed by atoms with Gasteiger partial charge in [0, 0.05) is 12.6 Å². The molecule has 2 N–H and O–H groups in total. The molecule has 0 unspecified atom stereocenters. The van der Waals surface area contributed by atoms with Crippen LogP contribution < -0.4 is 15.4 Å². The molecule has 0 heterocycles. The van der Waals surface area contributed by atoms with Crippen molar-refractivity contribution >= 4 is 6.03 Å². The molecular weight excluding hydrogens is 264 g/mol. The van der Waals surface area contributed by atoms with Crippen molar-refractivity contribution in [2.24, 2.45) is 5.92 Å². The normalized spacial score (nSPS) is 15.2. The lowest BCUT2D eigenvalue weighted by Crippen LogP contribution is -2.40. The van der Waals surface area contributed by atoms with Crippen LogP contribution in [0.4, 0.5) is 4.79 Å². The Hall–Kier alpha value is -1.71. The SMILES string of the molecule is CC(C)COc1ccc(CNC(=O)NC2CCCC2)cc1. The van der Waals surface area contributed by atoms with Crippen molar-refractivity contribution in [3.8, 4) is 5.75 Å². The molecule has 0 bridgehead atoms. The van der Waals surface area contributed by atoms with Gasteiger partial charge in [-0.2, -0.15) is 0 Å². The van der Waals surface area contributed by atoms with Gasteiger partial charge >= 0.3 is 6.03 Å². The van der Waals surface area contributed by atoms with E-state index >= 15 is 0 Å². The van der Waals surface area contributed by atoms with Gasteiger partial charge in [0.25, 0.3) is 0 Å². The molecule has 116 valence electrons. The smallest absolute Gasteiger partial charge is 0.315 e. The zero-order valence-corrected chi connectivity index (χ0v) is 13.0. The summed E-state index contributed by atoms with van der Waals surface area (Å²) >= 11 is 0. The van der Waals surface area contributed by atoms with E-state index in [2.05, 4.69) is 24.5 Å². The van der Waals surface area contributed by atoms with Gasteiger partial charge in [-0.15, -0.1) is 0 Å². The maximum absolute atomic E-state index is 11.8. The molecule has 1 fully saturated rings. The molecule has 0 aliphatic heterocycles. The van der Waals surface area contributed by atoms with E-state index in [0.717, 1.165) is 30.8 Å². The molecule has 0 radical (unpaired) electrons. The highest BCUT2D eigenvalue weighted by Crippen LogP contribution is 2.17. The topological polar surface area (TPSA) is 50.4 Å². The Morgan fingerprint density at radius 3 is 2.52 bits per heavy atom. The molecular formula is C17H26N2O2. The predicted molar refractivity (Wildman–Crippen MR) is 84.4 cm³/mol. The number of nitrogens with one attached hydrogen (secondary N) is 2. The lowest BCUT2D eigenvalue weighted by atomic mass is 10.2. The predicted octanol–water partition coefficient (Wildman–Crippen LogP) is 3.46. The van der Waals surface area contributed by atoms with Gasteiger partial charge in [-0.05, 0) is 36.5 Å². The first kappa shape index (κ1) is 15.7. The molecule has 0 atom stereocenters. The molecule has 1 aromatic rings. The minimum absolute atomic E-state index is 0.0676. The van der Waals surface area contributed by atoms with E-state index in [1.54, 1.807) is 0 Å². The van der Waals surface area contributed by atoms with Crippen LogP contribution in [0, 0.1) is 5.92 Å². The second-order valence-electron chi connectivity index (χ2n) is 6.16.